The van der Waals surface area contributed by atoms with Crippen LogP contribution in [0.1, 0.15) is 91.4 Å². The van der Waals surface area contributed by atoms with Gasteiger partial charge in [-0.2, -0.15) is 8.42 Å². The Balaban J connectivity index is 0. The van der Waals surface area contributed by atoms with Crippen molar-refractivity contribution in [3.63, 3.8) is 0 Å². The molecular weight excluding hydrogens is 407 g/mol. The van der Waals surface area contributed by atoms with Gasteiger partial charge in [0.1, 0.15) is 12.4 Å². The first kappa shape index (κ1) is 31.6. The summed E-state index contributed by atoms with van der Waals surface area (Å²) in [4.78, 5) is 16.8. The average Bonchev–Trinajstić information content (AvgIpc) is 2.66. The summed E-state index contributed by atoms with van der Waals surface area (Å²) in [5.41, 5.74) is 0. The van der Waals surface area contributed by atoms with Crippen molar-refractivity contribution in [2.45, 2.75) is 91.4 Å². The summed E-state index contributed by atoms with van der Waals surface area (Å²) < 4.78 is 36.1. The number of carbonyl (C=O) groups excluding carboxylic acids is 1. The predicted molar refractivity (Wildman–Crippen MR) is 116 cm³/mol. The zero-order valence-electron chi connectivity index (χ0n) is 17.9. The molecule has 1 unspecified atom stereocenters. The van der Waals surface area contributed by atoms with Crippen LogP contribution in [0.4, 0.5) is 0 Å². The van der Waals surface area contributed by atoms with Crippen LogP contribution in [0.25, 0.3) is 0 Å². The van der Waals surface area contributed by atoms with Crippen LogP contribution in [0.5, 0.6) is 0 Å². The summed E-state index contributed by atoms with van der Waals surface area (Å²) in [7, 11) is -4.11. The van der Waals surface area contributed by atoms with E-state index in [1.165, 1.54) is 51.9 Å². The first-order valence-corrected chi connectivity index (χ1v) is 12.1. The van der Waals surface area contributed by atoms with Crippen LogP contribution in [0.15, 0.2) is 0 Å². The molecule has 0 radical (unpaired) electrons. The Bertz CT molecular complexity index is 471. The van der Waals surface area contributed by atoms with Crippen LogP contribution in [-0.2, 0) is 33.3 Å². The molecule has 170 valence electrons. The molecule has 0 aliphatic carbocycles. The van der Waals surface area contributed by atoms with Gasteiger partial charge in [0.15, 0.2) is 0 Å². The van der Waals surface area contributed by atoms with Crippen molar-refractivity contribution in [3.05, 3.63) is 0 Å². The Labute approximate surface area is 200 Å². The second-order valence-corrected chi connectivity index (χ2v) is 8.12. The minimum atomic E-state index is -4.11. The number of rotatable bonds is 21. The molecule has 0 saturated heterocycles. The van der Waals surface area contributed by atoms with E-state index in [0.717, 1.165) is 19.3 Å². The van der Waals surface area contributed by atoms with Gasteiger partial charge >= 0.3 is 40.0 Å². The van der Waals surface area contributed by atoms with Crippen LogP contribution in [-0.4, -0.2) is 70.2 Å². The summed E-state index contributed by atoms with van der Waals surface area (Å²) in [6.45, 7) is 6.09. The molecule has 0 fully saturated rings. The molecule has 0 bridgehead atoms. The molecule has 29 heavy (non-hydrogen) atoms. The van der Waals surface area contributed by atoms with Gasteiger partial charge in [-0.25, -0.2) is 9.07 Å². The summed E-state index contributed by atoms with van der Waals surface area (Å²) in [6.07, 6.45) is 12.4. The van der Waals surface area contributed by atoms with Gasteiger partial charge in [-0.1, -0.05) is 69.5 Å². The van der Waals surface area contributed by atoms with E-state index in [0.29, 0.717) is 13.0 Å². The van der Waals surface area contributed by atoms with Crippen molar-refractivity contribution in [2.75, 3.05) is 26.4 Å². The van der Waals surface area contributed by atoms with Crippen molar-refractivity contribution in [1.82, 2.24) is 0 Å². The number of Topliss-reactive ketones (excluding diaryl/α,β-unsaturated/α-hetero) is 1. The topological polar surface area (TPSA) is 88.1 Å². The Morgan fingerprint density at radius 1 is 0.862 bits per heavy atom. The maximum absolute atomic E-state index is 12.3. The van der Waals surface area contributed by atoms with Gasteiger partial charge in [0.05, 0.1) is 19.8 Å². The Morgan fingerprint density at radius 3 is 2.00 bits per heavy atom. The van der Waals surface area contributed by atoms with E-state index in [4.69, 9.17) is 4.74 Å². The molecule has 0 saturated carbocycles. The quantitative estimate of drug-likeness (QED) is 0.113. The van der Waals surface area contributed by atoms with Crippen molar-refractivity contribution < 1.29 is 31.4 Å². The van der Waals surface area contributed by atoms with Gasteiger partial charge in [0.25, 0.3) is 0 Å². The molecular formula is C20H41NaO7S. The van der Waals surface area contributed by atoms with Gasteiger partial charge < -0.3 is 4.74 Å². The SMILES string of the molecule is CCCCCCCCCCCC(=O)C(CC)COCCOOS(=O)(=O)OCC.[NaH]. The first-order chi connectivity index (χ1) is 13.5. The van der Waals surface area contributed by atoms with Gasteiger partial charge in [0.2, 0.25) is 0 Å². The second-order valence-electron chi connectivity index (χ2n) is 6.93. The molecule has 0 amide bonds. The number of ether oxygens (including phenoxy) is 1. The van der Waals surface area contributed by atoms with Crippen LogP contribution < -0.4 is 0 Å². The summed E-state index contributed by atoms with van der Waals surface area (Å²) in [6, 6.07) is 0. The normalized spacial score (nSPS) is 12.5. The molecule has 0 rings (SSSR count). The third-order valence-corrected chi connectivity index (χ3v) is 5.29. The number of unbranched alkanes of at least 4 members (excludes halogenated alkanes) is 8. The number of hydrogen-bond donors (Lipinski definition) is 0. The molecule has 0 aromatic carbocycles. The van der Waals surface area contributed by atoms with E-state index < -0.39 is 10.4 Å². The van der Waals surface area contributed by atoms with Crippen molar-refractivity contribution in [3.8, 4) is 0 Å². The molecule has 0 N–H and O–H groups in total. The molecule has 0 aromatic heterocycles. The van der Waals surface area contributed by atoms with Gasteiger partial charge in [-0.15, -0.1) is 0 Å². The Morgan fingerprint density at radius 2 is 1.45 bits per heavy atom. The van der Waals surface area contributed by atoms with Gasteiger partial charge in [0, 0.05) is 12.3 Å². The van der Waals surface area contributed by atoms with Crippen molar-refractivity contribution >= 4 is 45.7 Å². The summed E-state index contributed by atoms with van der Waals surface area (Å²) in [5.74, 6) is 0.114. The third-order valence-electron chi connectivity index (χ3n) is 4.50. The molecule has 9 heteroatoms. The van der Waals surface area contributed by atoms with E-state index in [-0.39, 0.29) is 61.1 Å². The van der Waals surface area contributed by atoms with E-state index in [2.05, 4.69) is 20.3 Å². The Hall–Kier alpha value is 0.460. The fraction of sp³-hybridized carbons (Fsp3) is 0.950. The van der Waals surface area contributed by atoms with E-state index in [1.807, 2.05) is 6.92 Å². The molecule has 0 spiro atoms. The minimum absolute atomic E-state index is 0. The standard InChI is InChI=1S/C20H40O7S.Na.H/c1-4-7-8-9-10-11-12-13-14-15-20(21)19(5-2)18-24-16-17-25-27-28(22,23)26-6-3;;/h19H,4-18H2,1-3H3;;. The Kier molecular flexibility index (Phi) is 23.7. The monoisotopic (exact) mass is 448 g/mol. The summed E-state index contributed by atoms with van der Waals surface area (Å²) in [5, 5.41) is 0. The van der Waals surface area contributed by atoms with E-state index in [1.54, 1.807) is 0 Å². The average molecular weight is 449 g/mol. The zero-order chi connectivity index (χ0) is 21.1. The molecule has 1 atom stereocenters. The maximum atomic E-state index is 12.3. The van der Waals surface area contributed by atoms with Crippen molar-refractivity contribution in [1.29, 1.82) is 0 Å². The molecule has 0 aromatic rings. The van der Waals surface area contributed by atoms with Crippen LogP contribution in [0.3, 0.4) is 0 Å². The summed E-state index contributed by atoms with van der Waals surface area (Å²) >= 11 is 0. The number of ketones is 1. The predicted octanol–water partition coefficient (Wildman–Crippen LogP) is 4.10. The molecule has 0 heterocycles. The van der Waals surface area contributed by atoms with E-state index in [9.17, 15) is 13.2 Å². The fourth-order valence-corrected chi connectivity index (χ4v) is 3.34. The third kappa shape index (κ3) is 20.1. The fourth-order valence-electron chi connectivity index (χ4n) is 2.83. The zero-order valence-corrected chi connectivity index (χ0v) is 18.8. The van der Waals surface area contributed by atoms with Crippen LogP contribution in [0.2, 0.25) is 0 Å². The van der Waals surface area contributed by atoms with Gasteiger partial charge in [-0.05, 0) is 19.8 Å². The number of carbonyl (C=O) groups is 1. The molecule has 0 aliphatic heterocycles. The van der Waals surface area contributed by atoms with Crippen LogP contribution >= 0.6 is 0 Å². The second kappa shape index (κ2) is 21.7. The number of hydrogen-bond acceptors (Lipinski definition) is 7. The van der Waals surface area contributed by atoms with Gasteiger partial charge in [-0.3, -0.25) is 4.79 Å². The van der Waals surface area contributed by atoms with Crippen LogP contribution in [0, 0.1) is 5.92 Å². The molecule has 7 nitrogen and oxygen atoms in total. The molecule has 0 aliphatic rings. The first-order valence-electron chi connectivity index (χ1n) is 10.8. The van der Waals surface area contributed by atoms with Crippen molar-refractivity contribution in [2.24, 2.45) is 5.92 Å². The van der Waals surface area contributed by atoms with E-state index >= 15 is 0 Å².